The summed E-state index contributed by atoms with van der Waals surface area (Å²) in [6.45, 7) is 4.91. The molecule has 42 heavy (non-hydrogen) atoms. The van der Waals surface area contributed by atoms with Crippen LogP contribution in [0.25, 0.3) is 0 Å². The number of carboxylic acids is 1. The summed E-state index contributed by atoms with van der Waals surface area (Å²) in [5.41, 5.74) is -0.203. The SMILES string of the molecule is CNC1CC[C@@H](NC(=O)c2ccccc2)[C@@H](C(=O)N2CC[C@](O)(c3ccc(Cl)cc3)C(C)(C)C2)C1.O=C(O)C(F)(F)F. The van der Waals surface area contributed by atoms with E-state index in [9.17, 15) is 27.9 Å². The van der Waals surface area contributed by atoms with E-state index >= 15 is 0 Å². The van der Waals surface area contributed by atoms with Crippen LogP contribution in [0.15, 0.2) is 54.6 Å². The molecule has 2 aromatic rings. The molecular formula is C30H37ClF3N3O5. The van der Waals surface area contributed by atoms with Gasteiger partial charge in [-0.1, -0.05) is 55.8 Å². The Balaban J connectivity index is 0.000000616. The number of rotatable bonds is 5. The van der Waals surface area contributed by atoms with Crippen LogP contribution >= 0.6 is 11.6 Å². The highest BCUT2D eigenvalue weighted by Gasteiger charge is 2.51. The van der Waals surface area contributed by atoms with Crippen LogP contribution in [0, 0.1) is 11.3 Å². The van der Waals surface area contributed by atoms with Crippen molar-refractivity contribution in [2.45, 2.75) is 63.4 Å². The van der Waals surface area contributed by atoms with Crippen molar-refractivity contribution in [1.29, 1.82) is 0 Å². The van der Waals surface area contributed by atoms with Gasteiger partial charge in [-0.25, -0.2) is 4.79 Å². The van der Waals surface area contributed by atoms with Gasteiger partial charge in [0.2, 0.25) is 5.91 Å². The first-order chi connectivity index (χ1) is 19.6. The van der Waals surface area contributed by atoms with E-state index in [0.29, 0.717) is 36.5 Å². The lowest BCUT2D eigenvalue weighted by Gasteiger charge is -2.51. The normalized spacial score (nSPS) is 25.5. The lowest BCUT2D eigenvalue weighted by molar-refractivity contribution is -0.192. The van der Waals surface area contributed by atoms with E-state index in [-0.39, 0.29) is 29.8 Å². The van der Waals surface area contributed by atoms with E-state index in [1.807, 2.05) is 56.1 Å². The Labute approximate surface area is 248 Å². The average molecular weight is 612 g/mol. The molecule has 2 aromatic carbocycles. The van der Waals surface area contributed by atoms with Gasteiger partial charge in [0.15, 0.2) is 0 Å². The topological polar surface area (TPSA) is 119 Å². The first kappa shape index (κ1) is 33.4. The lowest BCUT2D eigenvalue weighted by atomic mass is 9.66. The Hall–Kier alpha value is -3.15. The Bertz CT molecular complexity index is 1240. The fourth-order valence-electron chi connectivity index (χ4n) is 5.73. The molecule has 12 heteroatoms. The second-order valence-electron chi connectivity index (χ2n) is 11.4. The van der Waals surface area contributed by atoms with Crippen LogP contribution in [0.1, 0.15) is 55.5 Å². The molecule has 1 heterocycles. The molecule has 1 saturated heterocycles. The van der Waals surface area contributed by atoms with Gasteiger partial charge in [-0.15, -0.1) is 0 Å². The van der Waals surface area contributed by atoms with Crippen molar-refractivity contribution in [3.8, 4) is 0 Å². The van der Waals surface area contributed by atoms with Crippen LogP contribution < -0.4 is 10.6 Å². The zero-order valence-corrected chi connectivity index (χ0v) is 24.5. The second-order valence-corrected chi connectivity index (χ2v) is 11.9. The quantitative estimate of drug-likeness (QED) is 0.392. The second kappa shape index (κ2) is 13.4. The third-order valence-corrected chi connectivity index (χ3v) is 8.51. The Morgan fingerprint density at radius 2 is 1.62 bits per heavy atom. The molecule has 4 rings (SSSR count). The van der Waals surface area contributed by atoms with Crippen molar-refractivity contribution in [3.05, 3.63) is 70.7 Å². The van der Waals surface area contributed by atoms with E-state index < -0.39 is 23.2 Å². The predicted octanol–water partition coefficient (Wildman–Crippen LogP) is 4.61. The Morgan fingerprint density at radius 3 is 2.14 bits per heavy atom. The molecule has 1 unspecified atom stereocenters. The largest absolute Gasteiger partial charge is 0.490 e. The molecule has 1 saturated carbocycles. The Morgan fingerprint density at radius 1 is 1.02 bits per heavy atom. The summed E-state index contributed by atoms with van der Waals surface area (Å²) in [4.78, 5) is 37.5. The summed E-state index contributed by atoms with van der Waals surface area (Å²) in [7, 11) is 1.92. The highest BCUT2D eigenvalue weighted by Crippen LogP contribution is 2.46. The van der Waals surface area contributed by atoms with Gasteiger partial charge in [-0.05, 0) is 62.6 Å². The number of halogens is 4. The summed E-state index contributed by atoms with van der Waals surface area (Å²) in [6, 6.07) is 16.5. The summed E-state index contributed by atoms with van der Waals surface area (Å²) in [6.07, 6.45) is -2.32. The summed E-state index contributed by atoms with van der Waals surface area (Å²) in [5.74, 6) is -3.17. The van der Waals surface area contributed by atoms with Crippen LogP contribution in [-0.2, 0) is 15.2 Å². The van der Waals surface area contributed by atoms with Crippen molar-refractivity contribution in [3.63, 3.8) is 0 Å². The molecule has 2 fully saturated rings. The number of carbonyl (C=O) groups is 3. The molecule has 0 aromatic heterocycles. The minimum atomic E-state index is -5.08. The van der Waals surface area contributed by atoms with Gasteiger partial charge in [0, 0.05) is 41.2 Å². The fourth-order valence-corrected chi connectivity index (χ4v) is 5.85. The van der Waals surface area contributed by atoms with Gasteiger partial charge in [-0.2, -0.15) is 13.2 Å². The number of amides is 2. The number of nitrogens with zero attached hydrogens (tertiary/aromatic N) is 1. The maximum Gasteiger partial charge on any atom is 0.490 e. The van der Waals surface area contributed by atoms with E-state index in [0.717, 1.165) is 18.4 Å². The summed E-state index contributed by atoms with van der Waals surface area (Å²) >= 11 is 6.06. The lowest BCUT2D eigenvalue weighted by Crippen LogP contribution is -2.60. The number of hydrogen-bond acceptors (Lipinski definition) is 5. The minimum Gasteiger partial charge on any atom is -0.475 e. The number of aliphatic carboxylic acids is 1. The first-order valence-corrected chi connectivity index (χ1v) is 14.1. The molecule has 1 aliphatic carbocycles. The van der Waals surface area contributed by atoms with Crippen molar-refractivity contribution in [1.82, 2.24) is 15.5 Å². The number of alkyl halides is 3. The van der Waals surface area contributed by atoms with Crippen LogP contribution in [0.5, 0.6) is 0 Å². The highest BCUT2D eigenvalue weighted by atomic mass is 35.5. The van der Waals surface area contributed by atoms with Gasteiger partial charge in [0.1, 0.15) is 0 Å². The maximum atomic E-state index is 13.9. The molecular weight excluding hydrogens is 575 g/mol. The van der Waals surface area contributed by atoms with Crippen molar-refractivity contribution >= 4 is 29.4 Å². The number of carbonyl (C=O) groups excluding carboxylic acids is 2. The van der Waals surface area contributed by atoms with Crippen LogP contribution in [0.3, 0.4) is 0 Å². The average Bonchev–Trinajstić information content (AvgIpc) is 2.95. The monoisotopic (exact) mass is 611 g/mol. The molecule has 230 valence electrons. The van der Waals surface area contributed by atoms with Crippen molar-refractivity contribution in [2.75, 3.05) is 20.1 Å². The Kier molecular flexibility index (Phi) is 10.7. The third kappa shape index (κ3) is 7.81. The number of nitrogens with one attached hydrogen (secondary N) is 2. The molecule has 1 aliphatic heterocycles. The van der Waals surface area contributed by atoms with E-state index in [1.54, 1.807) is 24.3 Å². The van der Waals surface area contributed by atoms with Crippen LogP contribution in [-0.4, -0.2) is 71.3 Å². The van der Waals surface area contributed by atoms with Gasteiger partial charge < -0.3 is 25.7 Å². The third-order valence-electron chi connectivity index (χ3n) is 8.25. The fraction of sp³-hybridized carbons (Fsp3) is 0.500. The van der Waals surface area contributed by atoms with Crippen LogP contribution in [0.2, 0.25) is 5.02 Å². The van der Waals surface area contributed by atoms with Gasteiger partial charge in [0.25, 0.3) is 5.91 Å². The smallest absolute Gasteiger partial charge is 0.475 e. The first-order valence-electron chi connectivity index (χ1n) is 13.7. The number of aliphatic hydroxyl groups is 1. The molecule has 0 radical (unpaired) electrons. The zero-order valence-electron chi connectivity index (χ0n) is 23.7. The number of piperidine rings is 1. The number of carboxylic acid groups (broad SMARTS) is 1. The minimum absolute atomic E-state index is 0.0505. The number of benzene rings is 2. The summed E-state index contributed by atoms with van der Waals surface area (Å²) in [5, 5.41) is 25.9. The molecule has 8 nitrogen and oxygen atoms in total. The molecule has 4 atom stereocenters. The standard InChI is InChI=1S/C28H36ClN3O3.C2HF3O2/c1-27(2)18-32(16-15-28(27,35)20-9-11-21(29)12-10-20)26(34)23-17-22(30-3)13-14-24(23)31-25(33)19-7-5-4-6-8-19;3-2(4,5)1(6)7/h4-12,22-24,30,35H,13-18H2,1-3H3,(H,31,33);(H,6,7)/t22?,23-,24+,28-;/m0./s1. The van der Waals surface area contributed by atoms with Crippen LogP contribution in [0.4, 0.5) is 13.2 Å². The van der Waals surface area contributed by atoms with E-state index in [4.69, 9.17) is 21.5 Å². The summed E-state index contributed by atoms with van der Waals surface area (Å²) < 4.78 is 31.7. The molecule has 0 bridgehead atoms. The van der Waals surface area contributed by atoms with E-state index in [2.05, 4.69) is 10.6 Å². The van der Waals surface area contributed by atoms with Gasteiger partial charge in [-0.3, -0.25) is 9.59 Å². The molecule has 4 N–H and O–H groups in total. The number of likely N-dealkylation sites (tertiary alicyclic amines) is 1. The van der Waals surface area contributed by atoms with E-state index in [1.165, 1.54) is 0 Å². The van der Waals surface area contributed by atoms with Gasteiger partial charge >= 0.3 is 12.1 Å². The molecule has 2 amide bonds. The zero-order chi connectivity index (χ0) is 31.3. The maximum absolute atomic E-state index is 13.9. The highest BCUT2D eigenvalue weighted by molar-refractivity contribution is 6.30. The van der Waals surface area contributed by atoms with Crippen molar-refractivity contribution in [2.24, 2.45) is 11.3 Å². The molecule has 0 spiro atoms. The molecule has 2 aliphatic rings. The van der Waals surface area contributed by atoms with Crippen molar-refractivity contribution < 1.29 is 37.8 Å². The van der Waals surface area contributed by atoms with Gasteiger partial charge in [0.05, 0.1) is 11.5 Å². The predicted molar refractivity (Wildman–Crippen MR) is 152 cm³/mol. The number of hydrogen-bond donors (Lipinski definition) is 4.